The van der Waals surface area contributed by atoms with E-state index in [0.717, 1.165) is 6.26 Å². The number of unbranched alkanes of at least 4 members (excludes halogenated alkanes) is 1. The van der Waals surface area contributed by atoms with Crippen LogP contribution >= 0.6 is 8.25 Å². The lowest BCUT2D eigenvalue weighted by atomic mass is 10.4. The van der Waals surface area contributed by atoms with Gasteiger partial charge in [-0.1, -0.05) is 26.7 Å². The Balaban J connectivity index is 0. The van der Waals surface area contributed by atoms with E-state index in [1.54, 1.807) is 0 Å². The van der Waals surface area contributed by atoms with E-state index in [9.17, 15) is 13.0 Å². The summed E-state index contributed by atoms with van der Waals surface area (Å²) in [7, 11) is -6.08. The molecule has 7 heteroatoms. The van der Waals surface area contributed by atoms with Crippen LogP contribution in [-0.2, 0) is 18.9 Å². The maximum atomic E-state index is 10.2. The molecule has 0 aliphatic carbocycles. The Kier molecular flexibility index (Phi) is 10.2. The van der Waals surface area contributed by atoms with Gasteiger partial charge in [0.05, 0.1) is 0 Å². The third-order valence-electron chi connectivity index (χ3n) is 0.877. The molecule has 1 atom stereocenters. The van der Waals surface area contributed by atoms with Crippen LogP contribution in [0, 0.1) is 0 Å². The smallest absolute Gasteiger partial charge is 0.227 e. The minimum atomic E-state index is -3.29. The predicted molar refractivity (Wildman–Crippen MR) is 51.2 cm³/mol. The molecule has 5 nitrogen and oxygen atoms in total. The van der Waals surface area contributed by atoms with Gasteiger partial charge in [-0.25, -0.2) is 8.42 Å². The van der Waals surface area contributed by atoms with Gasteiger partial charge in [0.25, 0.3) is 0 Å². The van der Waals surface area contributed by atoms with Crippen LogP contribution in [0.25, 0.3) is 0 Å². The van der Waals surface area contributed by atoms with Crippen LogP contribution in [0.4, 0.5) is 0 Å². The molecule has 0 bridgehead atoms. The van der Waals surface area contributed by atoms with Gasteiger partial charge in [-0.15, -0.1) is 9.42 Å². The molecule has 0 saturated carbocycles. The highest BCUT2D eigenvalue weighted by atomic mass is 32.2. The highest BCUT2D eigenvalue weighted by molar-refractivity contribution is 7.90. The van der Waals surface area contributed by atoms with Gasteiger partial charge in [0.2, 0.25) is 5.94 Å². The van der Waals surface area contributed by atoms with Gasteiger partial charge in [-0.2, -0.15) is 0 Å². The second-order valence-electron chi connectivity index (χ2n) is 2.41. The average molecular weight is 231 g/mol. The van der Waals surface area contributed by atoms with Crippen molar-refractivity contribution in [2.24, 2.45) is 0 Å². The maximum Gasteiger partial charge on any atom is 0.695 e. The molecule has 0 rings (SSSR count). The summed E-state index contributed by atoms with van der Waals surface area (Å²) in [5.41, 5.74) is 0. The molecular formula is C6H16O5PS+. The topological polar surface area (TPSA) is 80.7 Å². The molecule has 13 heavy (non-hydrogen) atoms. The summed E-state index contributed by atoms with van der Waals surface area (Å²) in [6.45, 7) is 4.36. The largest absolute Gasteiger partial charge is 0.695 e. The Bertz CT molecular complexity index is 221. The predicted octanol–water partition coefficient (Wildman–Crippen LogP) is 1.46. The van der Waals surface area contributed by atoms with Gasteiger partial charge < -0.3 is 0 Å². The van der Waals surface area contributed by atoms with Crippen molar-refractivity contribution in [3.8, 4) is 0 Å². The van der Waals surface area contributed by atoms with E-state index in [-0.39, 0.29) is 0 Å². The Labute approximate surface area is 80.0 Å². The first kappa shape index (κ1) is 15.4. The fourth-order valence-electron chi connectivity index (χ4n) is 0.141. The third kappa shape index (κ3) is 24.5. The molecule has 0 aromatic rings. The van der Waals surface area contributed by atoms with E-state index in [2.05, 4.69) is 18.4 Å². The molecule has 0 spiro atoms. The van der Waals surface area contributed by atoms with Crippen LogP contribution in [0.1, 0.15) is 26.7 Å². The first-order chi connectivity index (χ1) is 5.83. The van der Waals surface area contributed by atoms with Crippen molar-refractivity contribution in [3.63, 3.8) is 0 Å². The quantitative estimate of drug-likeness (QED) is 0.741. The third-order valence-corrected chi connectivity index (χ3v) is 1.95. The molecule has 0 amide bonds. The first-order valence-corrected chi connectivity index (χ1v) is 6.99. The molecular weight excluding hydrogens is 215 g/mol. The minimum Gasteiger partial charge on any atom is -0.227 e. The Morgan fingerprint density at radius 3 is 1.77 bits per heavy atom. The molecule has 0 fully saturated rings. The second kappa shape index (κ2) is 8.56. The lowest BCUT2D eigenvalue weighted by Crippen LogP contribution is -2.02. The molecule has 0 aliphatic rings. The van der Waals surface area contributed by atoms with Crippen molar-refractivity contribution >= 4 is 18.1 Å². The molecule has 0 aromatic heterocycles. The van der Waals surface area contributed by atoms with Gasteiger partial charge in [0.15, 0.2) is 9.84 Å². The lowest BCUT2D eigenvalue weighted by molar-refractivity contribution is 0.323. The molecule has 1 N–H and O–H groups in total. The Morgan fingerprint density at radius 2 is 1.69 bits per heavy atom. The van der Waals surface area contributed by atoms with Gasteiger partial charge in [0, 0.05) is 10.8 Å². The first-order valence-electron chi connectivity index (χ1n) is 3.80. The van der Waals surface area contributed by atoms with Gasteiger partial charge in [0.1, 0.15) is 0 Å². The average Bonchev–Trinajstić information content (AvgIpc) is 2.00. The van der Waals surface area contributed by atoms with Crippen LogP contribution in [0.5, 0.6) is 0 Å². The molecule has 0 heterocycles. The standard InChI is InChI=1S/C4H10.C2H5O5PS/c1-3-4-2;1-9(5,6)2-7-8(3)4/h3-4H2,1-2H3;2H2,1H3/p+1. The molecule has 1 unspecified atom stereocenters. The van der Waals surface area contributed by atoms with Crippen molar-refractivity contribution in [1.82, 2.24) is 0 Å². The fraction of sp³-hybridized carbons (Fsp3) is 1.00. The van der Waals surface area contributed by atoms with Crippen molar-refractivity contribution in [2.75, 3.05) is 12.2 Å². The number of rotatable bonds is 4. The summed E-state index contributed by atoms with van der Waals surface area (Å²) >= 11 is 0. The zero-order valence-electron chi connectivity index (χ0n) is 8.06. The summed E-state index contributed by atoms with van der Waals surface area (Å²) in [5.74, 6) is -0.710. The maximum absolute atomic E-state index is 10.2. The van der Waals surface area contributed by atoms with E-state index in [1.165, 1.54) is 12.8 Å². The van der Waals surface area contributed by atoms with Crippen LogP contribution in [0.15, 0.2) is 0 Å². The molecule has 0 saturated heterocycles. The monoisotopic (exact) mass is 231 g/mol. The van der Waals surface area contributed by atoms with Crippen LogP contribution < -0.4 is 0 Å². The molecule has 0 radical (unpaired) electrons. The van der Waals surface area contributed by atoms with E-state index in [1.807, 2.05) is 0 Å². The lowest BCUT2D eigenvalue weighted by Gasteiger charge is -1.84. The SMILES string of the molecule is CCCC.CS(=O)(=O)CO[P+](=O)O. The van der Waals surface area contributed by atoms with E-state index < -0.39 is 24.0 Å². The number of sulfone groups is 1. The minimum absolute atomic E-state index is 0.710. The van der Waals surface area contributed by atoms with E-state index >= 15 is 0 Å². The summed E-state index contributed by atoms with van der Waals surface area (Å²) in [4.78, 5) is 7.94. The van der Waals surface area contributed by atoms with Gasteiger partial charge in [-0.3, -0.25) is 0 Å². The fourth-order valence-corrected chi connectivity index (χ4v) is 1.27. The van der Waals surface area contributed by atoms with Crippen LogP contribution in [-0.4, -0.2) is 25.5 Å². The Morgan fingerprint density at radius 1 is 1.31 bits per heavy atom. The highest BCUT2D eigenvalue weighted by Crippen LogP contribution is 2.14. The molecule has 0 aromatic carbocycles. The Hall–Kier alpha value is -0.0300. The van der Waals surface area contributed by atoms with Gasteiger partial charge >= 0.3 is 8.25 Å². The van der Waals surface area contributed by atoms with E-state index in [0.29, 0.717) is 0 Å². The highest BCUT2D eigenvalue weighted by Gasteiger charge is 2.16. The summed E-state index contributed by atoms with van der Waals surface area (Å²) in [6.07, 6.45) is 3.55. The van der Waals surface area contributed by atoms with Crippen molar-refractivity contribution in [3.05, 3.63) is 0 Å². The van der Waals surface area contributed by atoms with Crippen LogP contribution in [0.3, 0.4) is 0 Å². The van der Waals surface area contributed by atoms with Crippen molar-refractivity contribution in [1.29, 1.82) is 0 Å². The number of hydrogen-bond donors (Lipinski definition) is 1. The van der Waals surface area contributed by atoms with Crippen molar-refractivity contribution < 1.29 is 22.4 Å². The summed E-state index contributed by atoms with van der Waals surface area (Å²) in [5, 5.41) is 0. The van der Waals surface area contributed by atoms with Gasteiger partial charge in [-0.05, 0) is 0 Å². The van der Waals surface area contributed by atoms with Crippen molar-refractivity contribution in [2.45, 2.75) is 26.7 Å². The number of hydrogen-bond acceptors (Lipinski definition) is 4. The van der Waals surface area contributed by atoms with Crippen LogP contribution in [0.2, 0.25) is 0 Å². The summed E-state index contributed by atoms with van der Waals surface area (Å²) in [6, 6.07) is 0. The summed E-state index contributed by atoms with van der Waals surface area (Å²) < 4.78 is 33.9. The molecule has 80 valence electrons. The zero-order valence-corrected chi connectivity index (χ0v) is 9.77. The normalized spacial score (nSPS) is 11.5. The zero-order chi connectivity index (χ0) is 10.9. The second-order valence-corrected chi connectivity index (χ2v) is 5.23. The van der Waals surface area contributed by atoms with E-state index in [4.69, 9.17) is 4.89 Å². The molecule has 0 aliphatic heterocycles.